The molecule has 1 amide bonds. The minimum Gasteiger partial charge on any atom is -0.352 e. The summed E-state index contributed by atoms with van der Waals surface area (Å²) in [5.74, 6) is -0.389. The van der Waals surface area contributed by atoms with E-state index in [-0.39, 0.29) is 11.5 Å². The summed E-state index contributed by atoms with van der Waals surface area (Å²) in [4.78, 5) is 25.5. The molecule has 0 bridgehead atoms. The van der Waals surface area contributed by atoms with Gasteiger partial charge < -0.3 is 5.32 Å². The number of carbonyl (C=O) groups is 1. The number of hydrogen-bond donors (Lipinski definition) is 2. The highest BCUT2D eigenvalue weighted by atomic mass is 16.2. The topological polar surface area (TPSA) is 74.8 Å². The first-order chi connectivity index (χ1) is 13.7. The molecule has 0 aliphatic carbocycles. The fourth-order valence-corrected chi connectivity index (χ4v) is 3.03. The Morgan fingerprint density at radius 3 is 2.32 bits per heavy atom. The first kappa shape index (κ1) is 19.3. The molecule has 0 aliphatic heterocycles. The number of nitrogens with zero attached hydrogens (tertiary/aromatic N) is 1. The normalized spacial score (nSPS) is 10.9. The lowest BCUT2D eigenvalue weighted by Gasteiger charge is -2.13. The predicted molar refractivity (Wildman–Crippen MR) is 112 cm³/mol. The Kier molecular flexibility index (Phi) is 6.52. The molecule has 1 heterocycles. The Hall–Kier alpha value is -3.47. The monoisotopic (exact) mass is 373 g/mol. The molecule has 0 aliphatic rings. The van der Waals surface area contributed by atoms with Gasteiger partial charge in [0, 0.05) is 17.7 Å². The van der Waals surface area contributed by atoms with Crippen molar-refractivity contribution in [1.82, 2.24) is 15.5 Å². The van der Waals surface area contributed by atoms with Gasteiger partial charge in [0.25, 0.3) is 11.5 Å². The number of hydrogen-bond acceptors (Lipinski definition) is 3. The van der Waals surface area contributed by atoms with Crippen molar-refractivity contribution in [2.24, 2.45) is 0 Å². The van der Waals surface area contributed by atoms with E-state index in [1.807, 2.05) is 79.7 Å². The number of allylic oxidation sites excluding steroid dienone is 2. The van der Waals surface area contributed by atoms with Gasteiger partial charge in [-0.2, -0.15) is 5.10 Å². The Morgan fingerprint density at radius 2 is 1.68 bits per heavy atom. The molecule has 142 valence electrons. The molecule has 1 aromatic heterocycles. The first-order valence-electron chi connectivity index (χ1n) is 9.35. The molecular formula is C23H23N3O2. The molecule has 0 atom stereocenters. The molecule has 2 N–H and O–H groups in total. The zero-order valence-electron chi connectivity index (χ0n) is 15.8. The molecule has 3 aromatic rings. The summed E-state index contributed by atoms with van der Waals surface area (Å²) in [5.41, 5.74) is 2.32. The van der Waals surface area contributed by atoms with Crippen LogP contribution in [-0.2, 0) is 0 Å². The van der Waals surface area contributed by atoms with Crippen LogP contribution < -0.4 is 10.9 Å². The highest BCUT2D eigenvalue weighted by molar-refractivity contribution is 6.03. The molecule has 0 unspecified atom stereocenters. The third-order valence-corrected chi connectivity index (χ3v) is 4.39. The minimum absolute atomic E-state index is 0.0890. The zero-order chi connectivity index (χ0) is 19.8. The summed E-state index contributed by atoms with van der Waals surface area (Å²) in [6.07, 6.45) is 5.72. The van der Waals surface area contributed by atoms with Gasteiger partial charge in [-0.15, -0.1) is 0 Å². The van der Waals surface area contributed by atoms with Gasteiger partial charge in [0.2, 0.25) is 0 Å². The summed E-state index contributed by atoms with van der Waals surface area (Å²) in [6.45, 7) is 2.46. The van der Waals surface area contributed by atoms with E-state index in [1.165, 1.54) is 0 Å². The van der Waals surface area contributed by atoms with Crippen LogP contribution in [0.2, 0.25) is 0 Å². The molecule has 0 fully saturated rings. The van der Waals surface area contributed by atoms with E-state index in [1.54, 1.807) is 0 Å². The van der Waals surface area contributed by atoms with Crippen molar-refractivity contribution in [3.05, 3.63) is 88.7 Å². The molecule has 0 radical (unpaired) electrons. The fraction of sp³-hybridized carbons (Fsp3) is 0.174. The van der Waals surface area contributed by atoms with Crippen molar-refractivity contribution in [1.29, 1.82) is 0 Å². The van der Waals surface area contributed by atoms with Crippen molar-refractivity contribution in [3.63, 3.8) is 0 Å². The van der Waals surface area contributed by atoms with Crippen LogP contribution in [0.25, 0.3) is 22.4 Å². The van der Waals surface area contributed by atoms with Gasteiger partial charge in [-0.05, 0) is 25.3 Å². The Morgan fingerprint density at radius 1 is 1.04 bits per heavy atom. The van der Waals surface area contributed by atoms with E-state index in [2.05, 4.69) is 15.5 Å². The largest absolute Gasteiger partial charge is 0.352 e. The maximum absolute atomic E-state index is 12.9. The van der Waals surface area contributed by atoms with Gasteiger partial charge in [0.15, 0.2) is 0 Å². The second-order valence-corrected chi connectivity index (χ2v) is 6.35. The van der Waals surface area contributed by atoms with E-state index in [9.17, 15) is 9.59 Å². The van der Waals surface area contributed by atoms with Gasteiger partial charge >= 0.3 is 0 Å². The van der Waals surface area contributed by atoms with Crippen LogP contribution in [0, 0.1) is 0 Å². The lowest BCUT2D eigenvalue weighted by atomic mass is 9.95. The van der Waals surface area contributed by atoms with Gasteiger partial charge in [0.1, 0.15) is 5.56 Å². The van der Waals surface area contributed by atoms with Crippen LogP contribution in [0.3, 0.4) is 0 Å². The smallest absolute Gasteiger partial charge is 0.277 e. The Bertz CT molecular complexity index is 1010. The summed E-state index contributed by atoms with van der Waals surface area (Å²) in [5, 5.41) is 9.62. The average molecular weight is 373 g/mol. The van der Waals surface area contributed by atoms with Crippen LogP contribution in [0.4, 0.5) is 0 Å². The molecule has 5 nitrogen and oxygen atoms in total. The fourth-order valence-electron chi connectivity index (χ4n) is 3.03. The number of aromatic amines is 1. The molecule has 3 rings (SSSR count). The highest BCUT2D eigenvalue weighted by Crippen LogP contribution is 2.31. The average Bonchev–Trinajstić information content (AvgIpc) is 2.74. The third-order valence-electron chi connectivity index (χ3n) is 4.39. The quantitative estimate of drug-likeness (QED) is 0.482. The van der Waals surface area contributed by atoms with Crippen LogP contribution in [-0.4, -0.2) is 22.6 Å². The van der Waals surface area contributed by atoms with Crippen molar-refractivity contribution < 1.29 is 4.79 Å². The number of aromatic nitrogens is 2. The number of amides is 1. The highest BCUT2D eigenvalue weighted by Gasteiger charge is 2.22. The lowest BCUT2D eigenvalue weighted by Crippen LogP contribution is -2.32. The molecular weight excluding hydrogens is 350 g/mol. The van der Waals surface area contributed by atoms with Crippen LogP contribution in [0.15, 0.2) is 77.6 Å². The van der Waals surface area contributed by atoms with E-state index in [0.29, 0.717) is 17.8 Å². The van der Waals surface area contributed by atoms with E-state index < -0.39 is 5.56 Å². The predicted octanol–water partition coefficient (Wildman–Crippen LogP) is 4.19. The first-order valence-corrected chi connectivity index (χ1v) is 9.35. The zero-order valence-corrected chi connectivity index (χ0v) is 15.8. The minimum atomic E-state index is -0.496. The molecule has 5 heteroatoms. The van der Waals surface area contributed by atoms with Crippen LogP contribution >= 0.6 is 0 Å². The van der Waals surface area contributed by atoms with Gasteiger partial charge in [0.05, 0.1) is 5.69 Å². The van der Waals surface area contributed by atoms with Gasteiger partial charge in [-0.3, -0.25) is 9.59 Å². The second kappa shape index (κ2) is 9.46. The number of carbonyl (C=O) groups excluding carboxylic acids is 1. The number of nitrogens with one attached hydrogen (secondary N) is 2. The maximum Gasteiger partial charge on any atom is 0.277 e. The van der Waals surface area contributed by atoms with Crippen molar-refractivity contribution in [2.45, 2.75) is 19.8 Å². The summed E-state index contributed by atoms with van der Waals surface area (Å²) >= 11 is 0. The number of rotatable bonds is 7. The maximum atomic E-state index is 12.9. The van der Waals surface area contributed by atoms with Crippen molar-refractivity contribution >= 4 is 5.91 Å². The van der Waals surface area contributed by atoms with Crippen molar-refractivity contribution in [3.8, 4) is 22.4 Å². The van der Waals surface area contributed by atoms with E-state index >= 15 is 0 Å². The van der Waals surface area contributed by atoms with Crippen molar-refractivity contribution in [2.75, 3.05) is 6.54 Å². The number of H-pyrrole nitrogens is 1. The standard InChI is InChI=1S/C23H23N3O2/c1-2-3-4-11-16-24-22(27)20-19(17-12-7-5-8-13-17)21(25-26-23(20)28)18-14-9-6-10-15-18/h2-3,5-10,12-15H,4,11,16H2,1H3,(H,24,27)(H,26,28)/b3-2+. The van der Waals surface area contributed by atoms with Crippen LogP contribution in [0.1, 0.15) is 30.1 Å². The molecule has 2 aromatic carbocycles. The van der Waals surface area contributed by atoms with Gasteiger partial charge in [-0.25, -0.2) is 5.10 Å². The number of benzene rings is 2. The summed E-state index contributed by atoms with van der Waals surface area (Å²) in [6, 6.07) is 18.9. The van der Waals surface area contributed by atoms with Gasteiger partial charge in [-0.1, -0.05) is 72.8 Å². The Balaban J connectivity index is 2.06. The van der Waals surface area contributed by atoms with E-state index in [4.69, 9.17) is 0 Å². The molecule has 0 saturated heterocycles. The summed E-state index contributed by atoms with van der Waals surface area (Å²) in [7, 11) is 0. The van der Waals surface area contributed by atoms with Crippen LogP contribution in [0.5, 0.6) is 0 Å². The molecule has 0 spiro atoms. The van der Waals surface area contributed by atoms with E-state index in [0.717, 1.165) is 24.0 Å². The third kappa shape index (κ3) is 4.43. The Labute approximate surface area is 164 Å². The SMILES string of the molecule is C/C=C/CCCNC(=O)c1c(-c2ccccc2)c(-c2ccccc2)n[nH]c1=O. The lowest BCUT2D eigenvalue weighted by molar-refractivity contribution is 0.0952. The summed E-state index contributed by atoms with van der Waals surface area (Å²) < 4.78 is 0. The molecule has 28 heavy (non-hydrogen) atoms. The second-order valence-electron chi connectivity index (χ2n) is 6.35. The molecule has 0 saturated carbocycles. The number of unbranched alkanes of at least 4 members (excludes halogenated alkanes) is 1.